The number of thiazole rings is 1. The van der Waals surface area contributed by atoms with Crippen LogP contribution < -0.4 is 5.32 Å². The van der Waals surface area contributed by atoms with Gasteiger partial charge in [0.05, 0.1) is 18.1 Å². The van der Waals surface area contributed by atoms with Crippen molar-refractivity contribution in [3.63, 3.8) is 0 Å². The first-order chi connectivity index (χ1) is 13.1. The average Bonchev–Trinajstić information content (AvgIpc) is 3.33. The summed E-state index contributed by atoms with van der Waals surface area (Å²) >= 11 is 1.20. The quantitative estimate of drug-likeness (QED) is 0.564. The zero-order valence-electron chi connectivity index (χ0n) is 13.5. The Morgan fingerprint density at radius 3 is 2.48 bits per heavy atom. The minimum absolute atomic E-state index is 0.00835. The van der Waals surface area contributed by atoms with Gasteiger partial charge in [0, 0.05) is 10.9 Å². The minimum atomic E-state index is -0.524. The molecule has 0 unspecified atom stereocenters. The molecule has 0 saturated heterocycles. The number of oxazole rings is 1. The molecule has 1 aromatic carbocycles. The van der Waals surface area contributed by atoms with Gasteiger partial charge in [-0.15, -0.1) is 11.3 Å². The Bertz CT molecular complexity index is 1090. The van der Waals surface area contributed by atoms with Crippen LogP contribution in [0.3, 0.4) is 0 Å². The maximum absolute atomic E-state index is 13.0. The Morgan fingerprint density at radius 2 is 1.74 bits per heavy atom. The second-order valence-corrected chi connectivity index (χ2v) is 6.25. The van der Waals surface area contributed by atoms with E-state index in [1.807, 2.05) is 0 Å². The summed E-state index contributed by atoms with van der Waals surface area (Å²) in [7, 11) is 0. The van der Waals surface area contributed by atoms with Gasteiger partial charge in [-0.25, -0.2) is 18.7 Å². The van der Waals surface area contributed by atoms with Crippen molar-refractivity contribution in [2.75, 3.05) is 5.32 Å². The van der Waals surface area contributed by atoms with Crippen LogP contribution in [0.4, 0.5) is 13.9 Å². The van der Waals surface area contributed by atoms with E-state index in [-0.39, 0.29) is 17.5 Å². The molecule has 6 nitrogen and oxygen atoms in total. The molecule has 4 rings (SSSR count). The van der Waals surface area contributed by atoms with Crippen LogP contribution in [0, 0.1) is 11.6 Å². The predicted molar refractivity (Wildman–Crippen MR) is 95.2 cm³/mol. The molecule has 134 valence electrons. The van der Waals surface area contributed by atoms with Crippen LogP contribution in [-0.2, 0) is 0 Å². The normalized spacial score (nSPS) is 10.7. The van der Waals surface area contributed by atoms with Crippen molar-refractivity contribution >= 4 is 22.4 Å². The van der Waals surface area contributed by atoms with E-state index < -0.39 is 11.7 Å². The Kier molecular flexibility index (Phi) is 4.43. The van der Waals surface area contributed by atoms with Crippen LogP contribution in [0.25, 0.3) is 22.8 Å². The topological polar surface area (TPSA) is 80.9 Å². The van der Waals surface area contributed by atoms with E-state index in [0.29, 0.717) is 22.1 Å². The lowest BCUT2D eigenvalue weighted by atomic mass is 10.2. The van der Waals surface area contributed by atoms with Crippen LogP contribution in [0.1, 0.15) is 10.6 Å². The first-order valence-electron chi connectivity index (χ1n) is 7.69. The fourth-order valence-corrected chi connectivity index (χ4v) is 2.94. The minimum Gasteiger partial charge on any atom is -0.431 e. The molecule has 0 atom stereocenters. The Hall–Kier alpha value is -3.46. The molecule has 3 heterocycles. The monoisotopic (exact) mass is 384 g/mol. The molecule has 0 aliphatic heterocycles. The summed E-state index contributed by atoms with van der Waals surface area (Å²) in [6.45, 7) is 0. The van der Waals surface area contributed by atoms with Crippen molar-refractivity contribution in [2.45, 2.75) is 0 Å². The molecule has 0 bridgehead atoms. The number of benzene rings is 1. The molecule has 3 aromatic heterocycles. The third-order valence-corrected chi connectivity index (χ3v) is 4.29. The Balaban J connectivity index is 1.48. The smallest absolute Gasteiger partial charge is 0.294 e. The SMILES string of the molecule is O=C(Nc1nc(-c2ccc(F)cn2)cs1)c1cnc(-c2ccc(F)cc2)o1. The van der Waals surface area contributed by atoms with Crippen LogP contribution in [-0.4, -0.2) is 20.9 Å². The van der Waals surface area contributed by atoms with Crippen molar-refractivity contribution < 1.29 is 18.0 Å². The number of amides is 1. The second-order valence-electron chi connectivity index (χ2n) is 5.39. The summed E-state index contributed by atoms with van der Waals surface area (Å²) in [5, 5.41) is 4.64. The van der Waals surface area contributed by atoms with Crippen LogP contribution >= 0.6 is 11.3 Å². The van der Waals surface area contributed by atoms with E-state index in [1.54, 1.807) is 5.38 Å². The van der Waals surface area contributed by atoms with Gasteiger partial charge in [0.25, 0.3) is 5.91 Å². The molecule has 0 radical (unpaired) electrons. The molecule has 27 heavy (non-hydrogen) atoms. The van der Waals surface area contributed by atoms with Gasteiger partial charge in [0.15, 0.2) is 5.13 Å². The third-order valence-electron chi connectivity index (χ3n) is 3.54. The van der Waals surface area contributed by atoms with E-state index in [0.717, 1.165) is 6.20 Å². The fraction of sp³-hybridized carbons (Fsp3) is 0. The lowest BCUT2D eigenvalue weighted by molar-refractivity contribution is 0.0997. The standard InChI is InChI=1S/C18H10F2N4O2S/c19-11-3-1-10(2-4-11)17-22-8-15(26-17)16(25)24-18-23-14(9-27-18)13-6-5-12(20)7-21-13/h1-9H,(H,23,24,25). The van der Waals surface area contributed by atoms with Crippen molar-refractivity contribution in [2.24, 2.45) is 0 Å². The van der Waals surface area contributed by atoms with Gasteiger partial charge in [-0.05, 0) is 36.4 Å². The van der Waals surface area contributed by atoms with Crippen LogP contribution in [0.15, 0.2) is 58.6 Å². The summed E-state index contributed by atoms with van der Waals surface area (Å²) in [5.74, 6) is -1.14. The first-order valence-corrected chi connectivity index (χ1v) is 8.57. The number of pyridine rings is 1. The Morgan fingerprint density at radius 1 is 0.963 bits per heavy atom. The van der Waals surface area contributed by atoms with Gasteiger partial charge in [-0.2, -0.15) is 0 Å². The third kappa shape index (κ3) is 3.72. The van der Waals surface area contributed by atoms with Gasteiger partial charge in [0.2, 0.25) is 11.7 Å². The number of halogens is 2. The number of carbonyl (C=O) groups excluding carboxylic acids is 1. The molecular weight excluding hydrogens is 374 g/mol. The van der Waals surface area contributed by atoms with E-state index in [4.69, 9.17) is 4.42 Å². The zero-order chi connectivity index (χ0) is 18.8. The predicted octanol–water partition coefficient (Wildman–Crippen LogP) is 4.39. The molecule has 9 heteroatoms. The van der Waals surface area contributed by atoms with Crippen molar-refractivity contribution in [1.82, 2.24) is 15.0 Å². The molecule has 0 aliphatic rings. The van der Waals surface area contributed by atoms with Gasteiger partial charge in [0.1, 0.15) is 17.3 Å². The Labute approximate surface area is 155 Å². The number of aromatic nitrogens is 3. The molecule has 0 fully saturated rings. The second kappa shape index (κ2) is 7.04. The van der Waals surface area contributed by atoms with Gasteiger partial charge in [-0.1, -0.05) is 0 Å². The molecule has 1 N–H and O–H groups in total. The zero-order valence-corrected chi connectivity index (χ0v) is 14.3. The van der Waals surface area contributed by atoms with Crippen LogP contribution in [0.2, 0.25) is 0 Å². The maximum atomic E-state index is 13.0. The summed E-state index contributed by atoms with van der Waals surface area (Å²) in [6, 6.07) is 8.35. The van der Waals surface area contributed by atoms with Crippen LogP contribution in [0.5, 0.6) is 0 Å². The van der Waals surface area contributed by atoms with E-state index in [2.05, 4.69) is 20.3 Å². The van der Waals surface area contributed by atoms with Gasteiger partial charge < -0.3 is 4.42 Å². The lowest BCUT2D eigenvalue weighted by Gasteiger charge is -1.98. The summed E-state index contributed by atoms with van der Waals surface area (Å²) < 4.78 is 31.3. The highest BCUT2D eigenvalue weighted by Crippen LogP contribution is 2.25. The number of anilines is 1. The molecule has 1 amide bonds. The van der Waals surface area contributed by atoms with Crippen molar-refractivity contribution in [3.05, 3.63) is 71.6 Å². The molecule has 0 aliphatic carbocycles. The first kappa shape index (κ1) is 17.0. The highest BCUT2D eigenvalue weighted by Gasteiger charge is 2.16. The van der Waals surface area contributed by atoms with Gasteiger partial charge in [-0.3, -0.25) is 15.1 Å². The molecular formula is C18H10F2N4O2S. The summed E-state index contributed by atoms with van der Waals surface area (Å²) in [6.07, 6.45) is 2.38. The average molecular weight is 384 g/mol. The highest BCUT2D eigenvalue weighted by molar-refractivity contribution is 7.14. The number of hydrogen-bond donors (Lipinski definition) is 1. The van der Waals surface area contributed by atoms with E-state index in [9.17, 15) is 13.6 Å². The van der Waals surface area contributed by atoms with Crippen molar-refractivity contribution in [1.29, 1.82) is 0 Å². The highest BCUT2D eigenvalue weighted by atomic mass is 32.1. The summed E-state index contributed by atoms with van der Waals surface area (Å²) in [5.41, 5.74) is 1.56. The number of carbonyl (C=O) groups is 1. The number of hydrogen-bond acceptors (Lipinski definition) is 6. The molecule has 0 saturated carbocycles. The number of nitrogens with zero attached hydrogens (tertiary/aromatic N) is 3. The summed E-state index contributed by atoms with van der Waals surface area (Å²) in [4.78, 5) is 24.5. The molecule has 4 aromatic rings. The number of nitrogens with one attached hydrogen (secondary N) is 1. The van der Waals surface area contributed by atoms with E-state index >= 15 is 0 Å². The molecule has 0 spiro atoms. The maximum Gasteiger partial charge on any atom is 0.294 e. The number of rotatable bonds is 4. The van der Waals surface area contributed by atoms with Gasteiger partial charge >= 0.3 is 0 Å². The fourth-order valence-electron chi connectivity index (χ4n) is 2.24. The van der Waals surface area contributed by atoms with E-state index in [1.165, 1.54) is 53.9 Å². The largest absolute Gasteiger partial charge is 0.431 e. The lowest BCUT2D eigenvalue weighted by Crippen LogP contribution is -2.10. The van der Waals surface area contributed by atoms with Crippen molar-refractivity contribution in [3.8, 4) is 22.8 Å².